The predicted molar refractivity (Wildman–Crippen MR) is 115 cm³/mol. The molecule has 6 nitrogen and oxygen atoms in total. The Balaban J connectivity index is 0.00000392. The zero-order valence-electron chi connectivity index (χ0n) is 16.3. The Kier molecular flexibility index (Phi) is 10.9. The summed E-state index contributed by atoms with van der Waals surface area (Å²) in [5.74, 6) is 1.31. The molecule has 2 heterocycles. The SMILES string of the molecule is CCOC1CCN(C(=NC)NCCCNc2ccc(C(F)(F)F)cn2)CC1.I. The van der Waals surface area contributed by atoms with E-state index in [0.29, 0.717) is 25.0 Å². The Morgan fingerprint density at radius 3 is 2.54 bits per heavy atom. The van der Waals surface area contributed by atoms with Gasteiger partial charge in [-0.15, -0.1) is 24.0 Å². The largest absolute Gasteiger partial charge is 0.417 e. The van der Waals surface area contributed by atoms with Crippen LogP contribution in [0.4, 0.5) is 19.0 Å². The van der Waals surface area contributed by atoms with Crippen LogP contribution in [0, 0.1) is 0 Å². The summed E-state index contributed by atoms with van der Waals surface area (Å²) in [6, 6.07) is 2.37. The van der Waals surface area contributed by atoms with Crippen molar-refractivity contribution in [1.29, 1.82) is 0 Å². The Morgan fingerprint density at radius 1 is 1.29 bits per heavy atom. The molecule has 0 atom stereocenters. The first-order valence-corrected chi connectivity index (χ1v) is 9.28. The van der Waals surface area contributed by atoms with Crippen LogP contribution in [0.2, 0.25) is 0 Å². The van der Waals surface area contributed by atoms with Crippen LogP contribution < -0.4 is 10.6 Å². The normalized spacial score (nSPS) is 15.9. The van der Waals surface area contributed by atoms with Crippen LogP contribution in [-0.4, -0.2) is 61.8 Å². The highest BCUT2D eigenvalue weighted by Crippen LogP contribution is 2.28. The highest BCUT2D eigenvalue weighted by Gasteiger charge is 2.30. The molecular weight excluding hydrogens is 486 g/mol. The summed E-state index contributed by atoms with van der Waals surface area (Å²) in [5.41, 5.74) is -0.744. The first-order chi connectivity index (χ1) is 12.9. The number of pyridine rings is 1. The second-order valence-corrected chi connectivity index (χ2v) is 6.33. The highest BCUT2D eigenvalue weighted by atomic mass is 127. The molecule has 0 spiro atoms. The number of alkyl halides is 3. The monoisotopic (exact) mass is 515 g/mol. The molecule has 10 heteroatoms. The topological polar surface area (TPSA) is 61.8 Å². The number of ether oxygens (including phenoxy) is 1. The lowest BCUT2D eigenvalue weighted by Gasteiger charge is -2.34. The average molecular weight is 515 g/mol. The van der Waals surface area contributed by atoms with Gasteiger partial charge in [0, 0.05) is 46.0 Å². The summed E-state index contributed by atoms with van der Waals surface area (Å²) in [6.07, 6.45) is -0.399. The zero-order valence-corrected chi connectivity index (χ0v) is 18.6. The molecule has 0 aromatic carbocycles. The van der Waals surface area contributed by atoms with Crippen molar-refractivity contribution in [1.82, 2.24) is 15.2 Å². The van der Waals surface area contributed by atoms with Gasteiger partial charge in [-0.05, 0) is 38.3 Å². The van der Waals surface area contributed by atoms with E-state index in [1.165, 1.54) is 6.07 Å². The maximum absolute atomic E-state index is 12.5. The fraction of sp³-hybridized carbons (Fsp3) is 0.667. The van der Waals surface area contributed by atoms with E-state index in [9.17, 15) is 13.2 Å². The Morgan fingerprint density at radius 2 is 2.00 bits per heavy atom. The molecule has 2 N–H and O–H groups in total. The Bertz CT molecular complexity index is 590. The second-order valence-electron chi connectivity index (χ2n) is 6.33. The van der Waals surface area contributed by atoms with E-state index >= 15 is 0 Å². The number of nitrogens with one attached hydrogen (secondary N) is 2. The highest BCUT2D eigenvalue weighted by molar-refractivity contribution is 14.0. The minimum Gasteiger partial charge on any atom is -0.378 e. The van der Waals surface area contributed by atoms with E-state index in [1.54, 1.807) is 7.05 Å². The molecule has 2 rings (SSSR count). The first-order valence-electron chi connectivity index (χ1n) is 9.28. The molecule has 1 aliphatic heterocycles. The Hall–Kier alpha value is -1.30. The molecule has 1 fully saturated rings. The molecule has 1 aromatic rings. The van der Waals surface area contributed by atoms with Gasteiger partial charge in [0.25, 0.3) is 0 Å². The van der Waals surface area contributed by atoms with Crippen molar-refractivity contribution in [2.75, 3.05) is 45.2 Å². The molecule has 0 bridgehead atoms. The number of nitrogens with zero attached hydrogens (tertiary/aromatic N) is 3. The smallest absolute Gasteiger partial charge is 0.378 e. The van der Waals surface area contributed by atoms with Crippen molar-refractivity contribution in [2.24, 2.45) is 4.99 Å². The summed E-state index contributed by atoms with van der Waals surface area (Å²) in [5, 5.41) is 6.35. The van der Waals surface area contributed by atoms with Crippen LogP contribution in [-0.2, 0) is 10.9 Å². The zero-order chi connectivity index (χ0) is 19.7. The standard InChI is InChI=1S/C18H28F3N5O.HI/c1-3-27-15-7-11-26(12-8-15)17(22-2)24-10-4-9-23-16-6-5-14(13-25-16)18(19,20)21;/h5-6,13,15H,3-4,7-12H2,1-2H3,(H,22,24)(H,23,25);1H. The second kappa shape index (κ2) is 12.3. The number of anilines is 1. The van der Waals surface area contributed by atoms with Crippen LogP contribution in [0.15, 0.2) is 23.3 Å². The third kappa shape index (κ3) is 7.98. The van der Waals surface area contributed by atoms with E-state index in [-0.39, 0.29) is 24.0 Å². The quantitative estimate of drug-likeness (QED) is 0.252. The van der Waals surface area contributed by atoms with Crippen LogP contribution in [0.3, 0.4) is 0 Å². The van der Waals surface area contributed by atoms with Gasteiger partial charge in [0.15, 0.2) is 5.96 Å². The molecular formula is C18H29F3IN5O. The lowest BCUT2D eigenvalue weighted by Crippen LogP contribution is -2.47. The maximum Gasteiger partial charge on any atom is 0.417 e. The molecule has 1 aromatic heterocycles. The summed E-state index contributed by atoms with van der Waals surface area (Å²) < 4.78 is 43.2. The van der Waals surface area contributed by atoms with E-state index in [4.69, 9.17) is 4.74 Å². The van der Waals surface area contributed by atoms with E-state index < -0.39 is 11.7 Å². The van der Waals surface area contributed by atoms with Crippen molar-refractivity contribution < 1.29 is 17.9 Å². The fourth-order valence-corrected chi connectivity index (χ4v) is 2.97. The van der Waals surface area contributed by atoms with Crippen molar-refractivity contribution in [2.45, 2.75) is 38.5 Å². The van der Waals surface area contributed by atoms with Gasteiger partial charge in [0.2, 0.25) is 0 Å². The number of hydrogen-bond acceptors (Lipinski definition) is 4. The number of halogens is 4. The molecule has 0 aliphatic carbocycles. The number of piperidine rings is 1. The first kappa shape index (κ1) is 24.7. The lowest BCUT2D eigenvalue weighted by atomic mass is 10.1. The van der Waals surface area contributed by atoms with Gasteiger partial charge in [0.1, 0.15) is 5.82 Å². The van der Waals surface area contributed by atoms with Gasteiger partial charge in [-0.2, -0.15) is 13.2 Å². The number of guanidine groups is 1. The van der Waals surface area contributed by atoms with Gasteiger partial charge >= 0.3 is 6.18 Å². The van der Waals surface area contributed by atoms with Crippen molar-refractivity contribution >= 4 is 35.8 Å². The molecule has 1 aliphatic rings. The third-order valence-electron chi connectivity index (χ3n) is 4.39. The Labute approximate surface area is 181 Å². The average Bonchev–Trinajstić information content (AvgIpc) is 2.65. The van der Waals surface area contributed by atoms with Gasteiger partial charge in [-0.25, -0.2) is 4.98 Å². The summed E-state index contributed by atoms with van der Waals surface area (Å²) in [7, 11) is 1.77. The predicted octanol–water partition coefficient (Wildman–Crippen LogP) is 3.60. The van der Waals surface area contributed by atoms with Crippen LogP contribution >= 0.6 is 24.0 Å². The molecule has 0 radical (unpaired) electrons. The third-order valence-corrected chi connectivity index (χ3v) is 4.39. The van der Waals surface area contributed by atoms with Crippen LogP contribution in [0.25, 0.3) is 0 Å². The number of aromatic nitrogens is 1. The number of aliphatic imine (C=N–C) groups is 1. The molecule has 160 valence electrons. The van der Waals surface area contributed by atoms with Gasteiger partial charge in [-0.1, -0.05) is 0 Å². The maximum atomic E-state index is 12.5. The van der Waals surface area contributed by atoms with Crippen molar-refractivity contribution in [3.63, 3.8) is 0 Å². The number of likely N-dealkylation sites (tertiary alicyclic amines) is 1. The van der Waals surface area contributed by atoms with E-state index in [1.807, 2.05) is 6.92 Å². The molecule has 0 amide bonds. The van der Waals surface area contributed by atoms with Gasteiger partial charge < -0.3 is 20.3 Å². The van der Waals surface area contributed by atoms with E-state index in [2.05, 4.69) is 25.5 Å². The summed E-state index contributed by atoms with van der Waals surface area (Å²) in [4.78, 5) is 10.3. The minimum atomic E-state index is -4.36. The minimum absolute atomic E-state index is 0. The lowest BCUT2D eigenvalue weighted by molar-refractivity contribution is -0.137. The summed E-state index contributed by atoms with van der Waals surface area (Å²) in [6.45, 7) is 5.91. The van der Waals surface area contributed by atoms with Gasteiger partial charge in [0.05, 0.1) is 11.7 Å². The van der Waals surface area contributed by atoms with Crippen LogP contribution in [0.1, 0.15) is 31.7 Å². The van der Waals surface area contributed by atoms with Crippen molar-refractivity contribution in [3.8, 4) is 0 Å². The number of hydrogen-bond donors (Lipinski definition) is 2. The number of rotatable bonds is 7. The van der Waals surface area contributed by atoms with E-state index in [0.717, 1.165) is 57.2 Å². The van der Waals surface area contributed by atoms with Crippen LogP contribution in [0.5, 0.6) is 0 Å². The fourth-order valence-electron chi connectivity index (χ4n) is 2.97. The molecule has 0 unspecified atom stereocenters. The van der Waals surface area contributed by atoms with Crippen molar-refractivity contribution in [3.05, 3.63) is 23.9 Å². The molecule has 28 heavy (non-hydrogen) atoms. The van der Waals surface area contributed by atoms with Gasteiger partial charge in [-0.3, -0.25) is 4.99 Å². The summed E-state index contributed by atoms with van der Waals surface area (Å²) >= 11 is 0. The molecule has 0 saturated carbocycles. The molecule has 1 saturated heterocycles.